The summed E-state index contributed by atoms with van der Waals surface area (Å²) in [6, 6.07) is 18.6. The Morgan fingerprint density at radius 2 is 1.15 bits per heavy atom. The molecular formula is C21H20O5. The van der Waals surface area contributed by atoms with Crippen molar-refractivity contribution in [1.29, 1.82) is 0 Å². The molecule has 2 rings (SSSR count). The quantitative estimate of drug-likeness (QED) is 0.584. The summed E-state index contributed by atoms with van der Waals surface area (Å²) in [6.45, 7) is -0.513. The van der Waals surface area contributed by atoms with E-state index in [9.17, 15) is 14.7 Å². The molecule has 5 nitrogen and oxygen atoms in total. The zero-order valence-corrected chi connectivity index (χ0v) is 14.2. The molecule has 0 radical (unpaired) electrons. The van der Waals surface area contributed by atoms with Crippen molar-refractivity contribution in [3.63, 3.8) is 0 Å². The van der Waals surface area contributed by atoms with Gasteiger partial charge < -0.3 is 14.6 Å². The highest BCUT2D eigenvalue weighted by molar-refractivity contribution is 5.87. The molecule has 2 aromatic rings. The van der Waals surface area contributed by atoms with Gasteiger partial charge in [0.1, 0.15) is 19.3 Å². The van der Waals surface area contributed by atoms with E-state index >= 15 is 0 Å². The molecule has 0 bridgehead atoms. The summed E-state index contributed by atoms with van der Waals surface area (Å²) in [4.78, 5) is 23.2. The minimum Gasteiger partial charge on any atom is -0.460 e. The van der Waals surface area contributed by atoms with Crippen LogP contribution in [0.3, 0.4) is 0 Å². The number of rotatable bonds is 8. The first-order valence-corrected chi connectivity index (χ1v) is 8.11. The molecule has 0 aliphatic heterocycles. The number of aliphatic hydroxyl groups is 1. The Morgan fingerprint density at radius 1 is 0.769 bits per heavy atom. The van der Waals surface area contributed by atoms with Crippen LogP contribution in [0, 0.1) is 0 Å². The zero-order valence-electron chi connectivity index (χ0n) is 14.2. The van der Waals surface area contributed by atoms with Gasteiger partial charge in [0.2, 0.25) is 0 Å². The molecule has 5 heteroatoms. The third-order valence-corrected chi connectivity index (χ3v) is 3.26. The van der Waals surface area contributed by atoms with Crippen LogP contribution in [-0.4, -0.2) is 36.4 Å². The topological polar surface area (TPSA) is 72.8 Å². The Morgan fingerprint density at radius 3 is 1.54 bits per heavy atom. The molecule has 0 amide bonds. The van der Waals surface area contributed by atoms with E-state index in [1.165, 1.54) is 12.2 Å². The second kappa shape index (κ2) is 10.6. The summed E-state index contributed by atoms with van der Waals surface area (Å²) < 4.78 is 9.80. The molecule has 0 fully saturated rings. The SMILES string of the molecule is O=C(/C=C/c1ccccc1)OCC(O)COC(=O)/C=C/c1ccccc1. The van der Waals surface area contributed by atoms with E-state index in [2.05, 4.69) is 0 Å². The minimum atomic E-state index is -1.09. The molecule has 0 aliphatic rings. The highest BCUT2D eigenvalue weighted by Crippen LogP contribution is 2.02. The lowest BCUT2D eigenvalue weighted by atomic mass is 10.2. The van der Waals surface area contributed by atoms with E-state index in [0.29, 0.717) is 0 Å². The molecule has 0 unspecified atom stereocenters. The van der Waals surface area contributed by atoms with E-state index in [0.717, 1.165) is 11.1 Å². The summed E-state index contributed by atoms with van der Waals surface area (Å²) >= 11 is 0. The van der Waals surface area contributed by atoms with Gasteiger partial charge in [0.05, 0.1) is 0 Å². The van der Waals surface area contributed by atoms with Crippen LogP contribution in [0.5, 0.6) is 0 Å². The molecule has 0 atom stereocenters. The van der Waals surface area contributed by atoms with Gasteiger partial charge in [-0.15, -0.1) is 0 Å². The van der Waals surface area contributed by atoms with E-state index < -0.39 is 18.0 Å². The van der Waals surface area contributed by atoms with Crippen molar-refractivity contribution >= 4 is 24.1 Å². The van der Waals surface area contributed by atoms with Crippen molar-refractivity contribution < 1.29 is 24.2 Å². The minimum absolute atomic E-state index is 0.256. The summed E-state index contributed by atoms with van der Waals surface area (Å²) in [5.41, 5.74) is 1.73. The smallest absolute Gasteiger partial charge is 0.330 e. The van der Waals surface area contributed by atoms with E-state index in [1.807, 2.05) is 60.7 Å². The van der Waals surface area contributed by atoms with Crippen molar-refractivity contribution in [1.82, 2.24) is 0 Å². The van der Waals surface area contributed by atoms with Gasteiger partial charge in [0, 0.05) is 12.2 Å². The lowest BCUT2D eigenvalue weighted by Gasteiger charge is -2.10. The predicted molar refractivity (Wildman–Crippen MR) is 98.9 cm³/mol. The third-order valence-electron chi connectivity index (χ3n) is 3.26. The maximum Gasteiger partial charge on any atom is 0.330 e. The first-order chi connectivity index (χ1) is 12.6. The van der Waals surface area contributed by atoms with Crippen LogP contribution in [-0.2, 0) is 19.1 Å². The number of aliphatic hydroxyl groups excluding tert-OH is 1. The molecule has 0 saturated heterocycles. The fourth-order valence-electron chi connectivity index (χ4n) is 1.96. The summed E-state index contributed by atoms with van der Waals surface area (Å²) in [7, 11) is 0. The Balaban J connectivity index is 1.66. The standard InChI is InChI=1S/C21H20O5/c22-19(15-25-20(23)13-11-17-7-3-1-4-8-17)16-26-21(24)14-12-18-9-5-2-6-10-18/h1-14,19,22H,15-16H2/b13-11+,14-12+. The van der Waals surface area contributed by atoms with Gasteiger partial charge in [0.25, 0.3) is 0 Å². The van der Waals surface area contributed by atoms with Gasteiger partial charge in [-0.2, -0.15) is 0 Å². The molecular weight excluding hydrogens is 332 g/mol. The fraction of sp³-hybridized carbons (Fsp3) is 0.143. The molecule has 2 aromatic carbocycles. The largest absolute Gasteiger partial charge is 0.460 e. The molecule has 1 N–H and O–H groups in total. The van der Waals surface area contributed by atoms with Crippen LogP contribution in [0.1, 0.15) is 11.1 Å². The molecule has 0 spiro atoms. The average Bonchev–Trinajstić information content (AvgIpc) is 2.69. The number of carbonyl (C=O) groups excluding carboxylic acids is 2. The second-order valence-corrected chi connectivity index (χ2v) is 5.40. The van der Waals surface area contributed by atoms with Crippen molar-refractivity contribution in [2.24, 2.45) is 0 Å². The molecule has 26 heavy (non-hydrogen) atoms. The highest BCUT2D eigenvalue weighted by Gasteiger charge is 2.09. The van der Waals surface area contributed by atoms with E-state index in [4.69, 9.17) is 9.47 Å². The number of esters is 2. The molecule has 0 saturated carbocycles. The Bertz CT molecular complexity index is 685. The number of hydrogen-bond donors (Lipinski definition) is 1. The third kappa shape index (κ3) is 7.59. The first-order valence-electron chi connectivity index (χ1n) is 8.11. The lowest BCUT2D eigenvalue weighted by molar-refractivity contribution is -0.146. The van der Waals surface area contributed by atoms with Crippen LogP contribution in [0.25, 0.3) is 12.2 Å². The van der Waals surface area contributed by atoms with Gasteiger partial charge in [-0.3, -0.25) is 0 Å². The van der Waals surface area contributed by atoms with Crippen molar-refractivity contribution in [2.45, 2.75) is 6.10 Å². The van der Waals surface area contributed by atoms with Gasteiger partial charge in [0.15, 0.2) is 0 Å². The van der Waals surface area contributed by atoms with Gasteiger partial charge in [-0.05, 0) is 23.3 Å². The van der Waals surface area contributed by atoms with Crippen LogP contribution < -0.4 is 0 Å². The monoisotopic (exact) mass is 352 g/mol. The first kappa shape index (κ1) is 19.1. The van der Waals surface area contributed by atoms with Gasteiger partial charge in [-0.1, -0.05) is 60.7 Å². The average molecular weight is 352 g/mol. The van der Waals surface area contributed by atoms with Crippen molar-refractivity contribution in [3.8, 4) is 0 Å². The highest BCUT2D eigenvalue weighted by atomic mass is 16.6. The number of ether oxygens (including phenoxy) is 2. The maximum atomic E-state index is 11.6. The zero-order chi connectivity index (χ0) is 18.6. The van der Waals surface area contributed by atoms with Gasteiger partial charge in [-0.25, -0.2) is 9.59 Å². The Kier molecular flexibility index (Phi) is 7.83. The van der Waals surface area contributed by atoms with E-state index in [-0.39, 0.29) is 13.2 Å². The van der Waals surface area contributed by atoms with Crippen LogP contribution >= 0.6 is 0 Å². The Hall–Kier alpha value is -3.18. The Labute approximate surface area is 152 Å². The van der Waals surface area contributed by atoms with Crippen LogP contribution in [0.4, 0.5) is 0 Å². The van der Waals surface area contributed by atoms with Crippen molar-refractivity contribution in [2.75, 3.05) is 13.2 Å². The molecule has 0 heterocycles. The van der Waals surface area contributed by atoms with E-state index in [1.54, 1.807) is 12.2 Å². The number of hydrogen-bond acceptors (Lipinski definition) is 5. The summed E-state index contributed by atoms with van der Waals surface area (Å²) in [5.74, 6) is -1.16. The normalized spacial score (nSPS) is 11.2. The molecule has 0 aromatic heterocycles. The van der Waals surface area contributed by atoms with Crippen LogP contribution in [0.2, 0.25) is 0 Å². The molecule has 0 aliphatic carbocycles. The summed E-state index contributed by atoms with van der Waals surface area (Å²) in [5, 5.41) is 9.71. The van der Waals surface area contributed by atoms with Crippen LogP contribution in [0.15, 0.2) is 72.8 Å². The maximum absolute atomic E-state index is 11.6. The molecule has 134 valence electrons. The number of carbonyl (C=O) groups is 2. The predicted octanol–water partition coefficient (Wildman–Crippen LogP) is 2.86. The fourth-order valence-corrected chi connectivity index (χ4v) is 1.96. The lowest BCUT2D eigenvalue weighted by Crippen LogP contribution is -2.24. The second-order valence-electron chi connectivity index (χ2n) is 5.40. The van der Waals surface area contributed by atoms with Crippen molar-refractivity contribution in [3.05, 3.63) is 83.9 Å². The summed E-state index contributed by atoms with van der Waals surface area (Å²) in [6.07, 6.45) is 4.69. The van der Waals surface area contributed by atoms with Gasteiger partial charge >= 0.3 is 11.9 Å². The number of benzene rings is 2.